The molecule has 0 aliphatic heterocycles. The van der Waals surface area contributed by atoms with E-state index in [1.54, 1.807) is 0 Å². The number of unbranched alkanes of at least 4 members (excludes halogenated alkanes) is 32. The number of aliphatic hydroxyl groups excluding tert-OH is 1. The lowest BCUT2D eigenvalue weighted by molar-refractivity contribution is -0.161. The zero-order valence-corrected chi connectivity index (χ0v) is 52.3. The second kappa shape index (κ2) is 54.0. The number of phosphoric acid groups is 2. The van der Waals surface area contributed by atoms with Crippen LogP contribution in [0.15, 0.2) is 0 Å². The van der Waals surface area contributed by atoms with Gasteiger partial charge in [-0.3, -0.25) is 37.3 Å². The third kappa shape index (κ3) is 55.0. The van der Waals surface area contributed by atoms with Crippen LogP contribution in [0.4, 0.5) is 0 Å². The van der Waals surface area contributed by atoms with Crippen molar-refractivity contribution in [2.24, 2.45) is 5.92 Å². The first-order valence-electron chi connectivity index (χ1n) is 31.6. The molecule has 19 heteroatoms. The highest BCUT2D eigenvalue weighted by atomic mass is 31.2. The predicted molar refractivity (Wildman–Crippen MR) is 312 cm³/mol. The highest BCUT2D eigenvalue weighted by Crippen LogP contribution is 2.45. The summed E-state index contributed by atoms with van der Waals surface area (Å²) in [6.07, 6.45) is 36.4. The molecule has 0 aliphatic carbocycles. The molecule has 0 aromatic rings. The number of rotatable bonds is 60. The van der Waals surface area contributed by atoms with Crippen molar-refractivity contribution in [1.29, 1.82) is 0 Å². The average molecular weight is 1170 g/mol. The summed E-state index contributed by atoms with van der Waals surface area (Å²) in [4.78, 5) is 71.9. The molecule has 0 fully saturated rings. The number of carbonyl (C=O) groups excluding carboxylic acids is 4. The molecule has 5 atom stereocenters. The lowest BCUT2D eigenvalue weighted by Gasteiger charge is -2.21. The van der Waals surface area contributed by atoms with Crippen LogP contribution in [0.2, 0.25) is 0 Å². The Balaban J connectivity index is 5.21. The first-order valence-corrected chi connectivity index (χ1v) is 34.6. The molecule has 0 saturated carbocycles. The van der Waals surface area contributed by atoms with E-state index in [9.17, 15) is 43.2 Å². The Labute approximate surface area is 479 Å². The molecule has 0 radical (unpaired) electrons. The van der Waals surface area contributed by atoms with Crippen LogP contribution in [0.1, 0.15) is 298 Å². The molecule has 468 valence electrons. The average Bonchev–Trinajstić information content (AvgIpc) is 3.41. The van der Waals surface area contributed by atoms with Crippen molar-refractivity contribution in [3.63, 3.8) is 0 Å². The molecule has 17 nitrogen and oxygen atoms in total. The third-order valence-electron chi connectivity index (χ3n) is 13.8. The molecule has 3 N–H and O–H groups in total. The van der Waals surface area contributed by atoms with E-state index in [-0.39, 0.29) is 25.7 Å². The highest BCUT2D eigenvalue weighted by Gasteiger charge is 2.30. The van der Waals surface area contributed by atoms with Crippen LogP contribution in [0.5, 0.6) is 0 Å². The van der Waals surface area contributed by atoms with Gasteiger partial charge in [-0.15, -0.1) is 0 Å². The number of esters is 4. The molecule has 2 unspecified atom stereocenters. The fourth-order valence-electron chi connectivity index (χ4n) is 8.88. The zero-order valence-electron chi connectivity index (χ0n) is 50.5. The van der Waals surface area contributed by atoms with Gasteiger partial charge in [0, 0.05) is 25.7 Å². The molecule has 0 rings (SSSR count). The fraction of sp³-hybridized carbons (Fsp3) is 0.933. The first-order chi connectivity index (χ1) is 38.0. The van der Waals surface area contributed by atoms with Gasteiger partial charge >= 0.3 is 39.5 Å². The molecule has 0 aromatic heterocycles. The Kier molecular flexibility index (Phi) is 52.7. The van der Waals surface area contributed by atoms with Crippen molar-refractivity contribution in [2.45, 2.75) is 316 Å². The van der Waals surface area contributed by atoms with E-state index >= 15 is 0 Å². The van der Waals surface area contributed by atoms with Crippen LogP contribution >= 0.6 is 15.6 Å². The molecule has 0 aromatic carbocycles. The Morgan fingerprint density at radius 3 is 0.861 bits per heavy atom. The van der Waals surface area contributed by atoms with E-state index in [0.29, 0.717) is 31.6 Å². The monoisotopic (exact) mass is 1170 g/mol. The number of carbonyl (C=O) groups is 4. The smallest absolute Gasteiger partial charge is 0.462 e. The van der Waals surface area contributed by atoms with E-state index in [1.807, 2.05) is 0 Å². The van der Waals surface area contributed by atoms with Gasteiger partial charge in [-0.2, -0.15) is 0 Å². The number of ether oxygens (including phenoxy) is 4. The Bertz CT molecular complexity index is 1550. The minimum atomic E-state index is -4.94. The van der Waals surface area contributed by atoms with Crippen molar-refractivity contribution in [3.05, 3.63) is 0 Å². The fourth-order valence-corrected chi connectivity index (χ4v) is 10.5. The topological polar surface area (TPSA) is 237 Å². The lowest BCUT2D eigenvalue weighted by Crippen LogP contribution is -2.30. The molecular formula is C60H116O17P2. The van der Waals surface area contributed by atoms with Gasteiger partial charge in [0.1, 0.15) is 19.3 Å². The predicted octanol–water partition coefficient (Wildman–Crippen LogP) is 16.2. The summed E-state index contributed by atoms with van der Waals surface area (Å²) in [6.45, 7) is 7.03. The molecule has 79 heavy (non-hydrogen) atoms. The number of hydrogen-bond acceptors (Lipinski definition) is 15. The SMILES string of the molecule is CCCCCCCCCCCCCCC(=O)O[C@H](COC(=O)CCCCCCCCCCCCC)COP(=O)(O)OC[C@@H](O)COP(=O)(O)OC[C@@H](COC(=O)CCCCCCCCC)OC(=O)CCCCCCCCC(C)C. The molecule has 0 bridgehead atoms. The van der Waals surface area contributed by atoms with E-state index in [2.05, 4.69) is 34.6 Å². The van der Waals surface area contributed by atoms with Gasteiger partial charge in [0.05, 0.1) is 26.4 Å². The minimum Gasteiger partial charge on any atom is -0.462 e. The van der Waals surface area contributed by atoms with Gasteiger partial charge in [-0.05, 0) is 31.6 Å². The molecule has 0 spiro atoms. The molecule has 0 amide bonds. The number of phosphoric ester groups is 2. The van der Waals surface area contributed by atoms with Crippen molar-refractivity contribution in [3.8, 4) is 0 Å². The van der Waals surface area contributed by atoms with Crippen LogP contribution in [-0.2, 0) is 65.4 Å². The summed E-state index contributed by atoms with van der Waals surface area (Å²) in [5.74, 6) is -1.48. The summed E-state index contributed by atoms with van der Waals surface area (Å²) < 4.78 is 67.7. The van der Waals surface area contributed by atoms with Gasteiger partial charge in [-0.1, -0.05) is 247 Å². The summed E-state index contributed by atoms with van der Waals surface area (Å²) in [6, 6.07) is 0. The summed E-state index contributed by atoms with van der Waals surface area (Å²) in [5, 5.41) is 10.5. The molecule has 0 saturated heterocycles. The second-order valence-corrected chi connectivity index (χ2v) is 25.1. The largest absolute Gasteiger partial charge is 0.472 e. The van der Waals surface area contributed by atoms with E-state index in [4.69, 9.17) is 37.0 Å². The molecular weight excluding hydrogens is 1050 g/mol. The van der Waals surface area contributed by atoms with Crippen LogP contribution in [0, 0.1) is 5.92 Å². The van der Waals surface area contributed by atoms with Crippen molar-refractivity contribution in [2.75, 3.05) is 39.6 Å². The van der Waals surface area contributed by atoms with Crippen LogP contribution in [0.3, 0.4) is 0 Å². The number of aliphatic hydroxyl groups is 1. The van der Waals surface area contributed by atoms with Crippen molar-refractivity contribution in [1.82, 2.24) is 0 Å². The maximum atomic E-state index is 12.9. The normalized spacial score (nSPS) is 14.3. The summed E-state index contributed by atoms with van der Waals surface area (Å²) in [7, 11) is -9.87. The van der Waals surface area contributed by atoms with Gasteiger partial charge in [0.25, 0.3) is 0 Å². The van der Waals surface area contributed by atoms with Gasteiger partial charge < -0.3 is 33.8 Å². The van der Waals surface area contributed by atoms with Crippen molar-refractivity contribution >= 4 is 39.5 Å². The number of hydrogen-bond donors (Lipinski definition) is 3. The van der Waals surface area contributed by atoms with Crippen LogP contribution in [0.25, 0.3) is 0 Å². The summed E-state index contributed by atoms with van der Waals surface area (Å²) >= 11 is 0. The first kappa shape index (κ1) is 77.1. The molecule has 0 aliphatic rings. The van der Waals surface area contributed by atoms with Crippen LogP contribution in [-0.4, -0.2) is 96.7 Å². The lowest BCUT2D eigenvalue weighted by atomic mass is 10.0. The maximum absolute atomic E-state index is 12.9. The third-order valence-corrected chi connectivity index (χ3v) is 15.7. The Morgan fingerprint density at radius 2 is 0.582 bits per heavy atom. The summed E-state index contributed by atoms with van der Waals surface area (Å²) in [5.41, 5.74) is 0. The van der Waals surface area contributed by atoms with Crippen LogP contribution < -0.4 is 0 Å². The maximum Gasteiger partial charge on any atom is 0.472 e. The zero-order chi connectivity index (χ0) is 58.5. The van der Waals surface area contributed by atoms with E-state index in [0.717, 1.165) is 103 Å². The second-order valence-electron chi connectivity index (χ2n) is 22.2. The minimum absolute atomic E-state index is 0.102. The quantitative estimate of drug-likeness (QED) is 0.0222. The van der Waals surface area contributed by atoms with Crippen molar-refractivity contribution < 1.29 is 80.2 Å². The van der Waals surface area contributed by atoms with E-state index < -0.39 is 97.5 Å². The van der Waals surface area contributed by atoms with Gasteiger partial charge in [0.15, 0.2) is 12.2 Å². The molecule has 0 heterocycles. The standard InChI is InChI=1S/C60H116O17P2/c1-6-9-12-15-18-20-22-24-26-29-35-40-45-59(64)76-55(50-71-58(63)44-39-34-28-25-23-21-19-16-13-10-7-2)51-74-78(66,67)72-47-54(61)48-73-79(68,69)75-52-56(49-70-57(62)43-38-33-27-17-14-11-8-3)77-60(65)46-41-36-31-30-32-37-42-53(4)5/h53-56,61H,6-52H2,1-5H3,(H,66,67)(H,68,69)/t54-,55-,56-/m1/s1. The highest BCUT2D eigenvalue weighted by molar-refractivity contribution is 7.47. The Hall–Kier alpha value is -1.94. The van der Waals surface area contributed by atoms with Gasteiger partial charge in [0.2, 0.25) is 0 Å². The van der Waals surface area contributed by atoms with Gasteiger partial charge in [-0.25, -0.2) is 9.13 Å². The Morgan fingerprint density at radius 1 is 0.342 bits per heavy atom. The van der Waals surface area contributed by atoms with E-state index in [1.165, 1.54) is 109 Å².